The van der Waals surface area contributed by atoms with E-state index in [1.165, 1.54) is 62.7 Å². The van der Waals surface area contributed by atoms with Crippen molar-refractivity contribution in [3.63, 3.8) is 0 Å². The Balaban J connectivity index is 0.00000218. The molecule has 2 saturated carbocycles. The molecule has 2 aliphatic carbocycles. The summed E-state index contributed by atoms with van der Waals surface area (Å²) >= 11 is 0. The van der Waals surface area contributed by atoms with Crippen LogP contribution in [0.4, 0.5) is 0 Å². The van der Waals surface area contributed by atoms with Crippen molar-refractivity contribution in [1.29, 1.82) is 0 Å². The lowest BCUT2D eigenvalue weighted by Crippen LogP contribution is -2.72. The molecule has 30 heavy (non-hydrogen) atoms. The third-order valence-electron chi connectivity index (χ3n) is 7.72. The number of nitrogens with zero attached hydrogens (tertiary/aromatic N) is 2. The molecule has 5 nitrogen and oxygen atoms in total. The van der Waals surface area contributed by atoms with Crippen LogP contribution in [-0.4, -0.2) is 49.2 Å². The summed E-state index contributed by atoms with van der Waals surface area (Å²) in [7, 11) is 0. The van der Waals surface area contributed by atoms with E-state index in [1.54, 1.807) is 0 Å². The molecule has 3 atom stereocenters. The summed E-state index contributed by atoms with van der Waals surface area (Å²) in [6.45, 7) is 8.29. The summed E-state index contributed by atoms with van der Waals surface area (Å²) < 4.78 is 6.07. The minimum Gasteiger partial charge on any atom is -0.377 e. The third kappa shape index (κ3) is 4.24. The van der Waals surface area contributed by atoms with E-state index in [1.807, 2.05) is 0 Å². The summed E-state index contributed by atoms with van der Waals surface area (Å²) in [5.41, 5.74) is 3.08. The average molecular weight is 524 g/mol. The van der Waals surface area contributed by atoms with Gasteiger partial charge in [-0.25, -0.2) is 4.99 Å². The fourth-order valence-electron chi connectivity index (χ4n) is 6.04. The van der Waals surface area contributed by atoms with Gasteiger partial charge < -0.3 is 15.4 Å². The van der Waals surface area contributed by atoms with Gasteiger partial charge in [-0.05, 0) is 63.2 Å². The number of ether oxygens (including phenoxy) is 1. The Kier molecular flexibility index (Phi) is 7.25. The summed E-state index contributed by atoms with van der Waals surface area (Å²) in [5, 5.41) is 7.27. The van der Waals surface area contributed by atoms with E-state index in [9.17, 15) is 0 Å². The largest absolute Gasteiger partial charge is 0.377 e. The fourth-order valence-corrected chi connectivity index (χ4v) is 6.04. The summed E-state index contributed by atoms with van der Waals surface area (Å²) in [4.78, 5) is 7.47. The minimum absolute atomic E-state index is 0. The van der Waals surface area contributed by atoms with Crippen LogP contribution in [0.1, 0.15) is 56.6 Å². The molecule has 2 aliphatic heterocycles. The summed E-state index contributed by atoms with van der Waals surface area (Å²) in [5.74, 6) is 1.64. The molecule has 0 amide bonds. The van der Waals surface area contributed by atoms with Gasteiger partial charge in [-0.2, -0.15) is 0 Å². The van der Waals surface area contributed by atoms with Gasteiger partial charge in [-0.3, -0.25) is 4.90 Å². The maximum absolute atomic E-state index is 6.07. The fraction of sp³-hybridized carbons (Fsp3) is 0.708. The van der Waals surface area contributed by atoms with E-state index in [4.69, 9.17) is 9.73 Å². The number of halogens is 1. The van der Waals surface area contributed by atoms with Crippen LogP contribution in [0.5, 0.6) is 0 Å². The second-order valence-corrected chi connectivity index (χ2v) is 9.45. The van der Waals surface area contributed by atoms with Crippen LogP contribution in [0.25, 0.3) is 0 Å². The number of rotatable bonds is 6. The van der Waals surface area contributed by atoms with Crippen molar-refractivity contribution in [2.45, 2.75) is 70.7 Å². The lowest BCUT2D eigenvalue weighted by molar-refractivity contribution is -0.171. The molecule has 2 N–H and O–H groups in total. The number of hydrogen-bond acceptors (Lipinski definition) is 3. The lowest BCUT2D eigenvalue weighted by atomic mass is 9.46. The molecule has 2 heterocycles. The zero-order chi connectivity index (χ0) is 19.7. The summed E-state index contributed by atoms with van der Waals surface area (Å²) in [6.07, 6.45) is 8.36. The molecule has 3 unspecified atom stereocenters. The highest BCUT2D eigenvalue weighted by molar-refractivity contribution is 14.0. The number of guanidine groups is 1. The highest BCUT2D eigenvalue weighted by Gasteiger charge is 2.66. The maximum atomic E-state index is 6.07. The molecule has 0 radical (unpaired) electrons. The van der Waals surface area contributed by atoms with Gasteiger partial charge in [0.1, 0.15) is 0 Å². The Morgan fingerprint density at radius 2 is 1.87 bits per heavy atom. The lowest BCUT2D eigenvalue weighted by Gasteiger charge is -2.63. The van der Waals surface area contributed by atoms with E-state index in [0.29, 0.717) is 23.5 Å². The molecule has 166 valence electrons. The van der Waals surface area contributed by atoms with E-state index in [0.717, 1.165) is 32.2 Å². The Morgan fingerprint density at radius 1 is 1.13 bits per heavy atom. The molecule has 1 spiro atoms. The van der Waals surface area contributed by atoms with Crippen LogP contribution < -0.4 is 10.6 Å². The van der Waals surface area contributed by atoms with Crippen LogP contribution in [0.2, 0.25) is 0 Å². The SMILES string of the molecule is CCNC(=NCc1ccc(CN2CCCC2)cc1)NC1C2CCOC2C12CCC2.I. The second-order valence-electron chi connectivity index (χ2n) is 9.45. The van der Waals surface area contributed by atoms with E-state index in [2.05, 4.69) is 46.7 Å². The van der Waals surface area contributed by atoms with Crippen LogP contribution in [0, 0.1) is 11.3 Å². The number of benzene rings is 1. The molecule has 6 heteroatoms. The van der Waals surface area contributed by atoms with Gasteiger partial charge in [-0.1, -0.05) is 30.7 Å². The normalized spacial score (nSPS) is 29.6. The third-order valence-corrected chi connectivity index (χ3v) is 7.72. The van der Waals surface area contributed by atoms with Gasteiger partial charge in [0.2, 0.25) is 0 Å². The molecule has 4 aliphatic rings. The Bertz CT molecular complexity index is 727. The predicted molar refractivity (Wildman–Crippen MR) is 132 cm³/mol. The van der Waals surface area contributed by atoms with E-state index < -0.39 is 0 Å². The molecule has 0 bridgehead atoms. The molecular weight excluding hydrogens is 487 g/mol. The molecule has 1 aromatic carbocycles. The monoisotopic (exact) mass is 524 g/mol. The van der Waals surface area contributed by atoms with Crippen LogP contribution >= 0.6 is 24.0 Å². The van der Waals surface area contributed by atoms with Crippen molar-refractivity contribution in [2.24, 2.45) is 16.3 Å². The maximum Gasteiger partial charge on any atom is 0.191 e. The molecule has 2 saturated heterocycles. The first-order chi connectivity index (χ1) is 14.3. The van der Waals surface area contributed by atoms with Crippen molar-refractivity contribution < 1.29 is 4.74 Å². The van der Waals surface area contributed by atoms with Gasteiger partial charge in [-0.15, -0.1) is 24.0 Å². The Hall–Kier alpha value is -0.860. The average Bonchev–Trinajstić information content (AvgIpc) is 3.35. The second kappa shape index (κ2) is 9.74. The van der Waals surface area contributed by atoms with Crippen molar-refractivity contribution in [1.82, 2.24) is 15.5 Å². The zero-order valence-corrected chi connectivity index (χ0v) is 20.6. The van der Waals surface area contributed by atoms with Crippen LogP contribution in [0.3, 0.4) is 0 Å². The molecule has 4 fully saturated rings. The first-order valence-corrected chi connectivity index (χ1v) is 11.8. The molecule has 0 aromatic heterocycles. The summed E-state index contributed by atoms with van der Waals surface area (Å²) in [6, 6.07) is 9.58. The number of likely N-dealkylation sites (tertiary alicyclic amines) is 1. The van der Waals surface area contributed by atoms with Crippen molar-refractivity contribution >= 4 is 29.9 Å². The van der Waals surface area contributed by atoms with Gasteiger partial charge in [0.25, 0.3) is 0 Å². The highest BCUT2D eigenvalue weighted by Crippen LogP contribution is 2.62. The number of hydrogen-bond donors (Lipinski definition) is 2. The topological polar surface area (TPSA) is 48.9 Å². The van der Waals surface area contributed by atoms with Crippen LogP contribution in [-0.2, 0) is 17.8 Å². The quantitative estimate of drug-likeness (QED) is 0.337. The van der Waals surface area contributed by atoms with Crippen molar-refractivity contribution in [3.8, 4) is 0 Å². The minimum atomic E-state index is 0. The first kappa shape index (κ1) is 22.3. The number of aliphatic imine (C=N–C) groups is 1. The van der Waals surface area contributed by atoms with E-state index in [-0.39, 0.29) is 24.0 Å². The van der Waals surface area contributed by atoms with E-state index >= 15 is 0 Å². The smallest absolute Gasteiger partial charge is 0.191 e. The predicted octanol–water partition coefficient (Wildman–Crippen LogP) is 3.91. The first-order valence-electron chi connectivity index (χ1n) is 11.8. The van der Waals surface area contributed by atoms with Gasteiger partial charge >= 0.3 is 0 Å². The van der Waals surface area contributed by atoms with Gasteiger partial charge in [0.05, 0.1) is 12.6 Å². The molecule has 5 rings (SSSR count). The number of nitrogens with one attached hydrogen (secondary N) is 2. The molecular formula is C24H37IN4O. The molecule has 1 aromatic rings. The van der Waals surface area contributed by atoms with Crippen molar-refractivity contribution in [2.75, 3.05) is 26.2 Å². The zero-order valence-electron chi connectivity index (χ0n) is 18.2. The van der Waals surface area contributed by atoms with Gasteiger partial charge in [0, 0.05) is 37.1 Å². The number of fused-ring (bicyclic) bond motifs is 2. The van der Waals surface area contributed by atoms with Crippen molar-refractivity contribution in [3.05, 3.63) is 35.4 Å². The highest BCUT2D eigenvalue weighted by atomic mass is 127. The van der Waals surface area contributed by atoms with Crippen LogP contribution in [0.15, 0.2) is 29.3 Å². The Morgan fingerprint density at radius 3 is 2.53 bits per heavy atom. The van der Waals surface area contributed by atoms with Gasteiger partial charge in [0.15, 0.2) is 5.96 Å². The Labute approximate surface area is 198 Å². The standard InChI is InChI=1S/C24H36N4O.HI/c1-2-25-23(27-21-20-10-15-29-22(20)24(21)11-5-12-24)26-16-18-6-8-19(9-7-18)17-28-13-3-4-14-28;/h6-9,20-22H,2-5,10-17H2,1H3,(H2,25,26,27);1H.